The van der Waals surface area contributed by atoms with E-state index in [9.17, 15) is 4.79 Å². The van der Waals surface area contributed by atoms with E-state index in [1.54, 1.807) is 23.5 Å². The zero-order chi connectivity index (χ0) is 17.6. The number of nitrogens with zero attached hydrogens (tertiary/aromatic N) is 3. The largest absolute Gasteiger partial charge is 0.355 e. The van der Waals surface area contributed by atoms with Crippen LogP contribution in [0, 0.1) is 0 Å². The summed E-state index contributed by atoms with van der Waals surface area (Å²) < 4.78 is 1.38. The van der Waals surface area contributed by atoms with Gasteiger partial charge in [0.1, 0.15) is 0 Å². The number of amides is 1. The maximum atomic E-state index is 11.9. The summed E-state index contributed by atoms with van der Waals surface area (Å²) in [7, 11) is 0. The van der Waals surface area contributed by atoms with Crippen LogP contribution in [0.3, 0.4) is 0 Å². The van der Waals surface area contributed by atoms with E-state index in [2.05, 4.69) is 21.6 Å². The number of aromatic nitrogens is 3. The molecule has 0 fully saturated rings. The Balaban J connectivity index is 1.51. The predicted octanol–water partition coefficient (Wildman–Crippen LogP) is 2.82. The van der Waals surface area contributed by atoms with E-state index >= 15 is 0 Å². The third-order valence-corrected chi connectivity index (χ3v) is 5.50. The Morgan fingerprint density at radius 3 is 2.80 bits per heavy atom. The summed E-state index contributed by atoms with van der Waals surface area (Å²) >= 11 is 8.82. The number of hydrogen-bond donors (Lipinski definition) is 2. The second-order valence-electron chi connectivity index (χ2n) is 5.15. The lowest BCUT2D eigenvalue weighted by Crippen LogP contribution is -2.27. The molecule has 25 heavy (non-hydrogen) atoms. The maximum Gasteiger partial charge on any atom is 0.230 e. The minimum atomic E-state index is -0.0578. The number of hydrogen-bond acceptors (Lipinski definition) is 6. The fourth-order valence-electron chi connectivity index (χ4n) is 2.13. The molecule has 0 spiro atoms. The van der Waals surface area contributed by atoms with E-state index in [4.69, 9.17) is 17.4 Å². The number of nitrogens with one attached hydrogen (secondary N) is 1. The van der Waals surface area contributed by atoms with Crippen LogP contribution in [0.25, 0.3) is 11.4 Å². The third kappa shape index (κ3) is 4.75. The molecule has 0 saturated carbocycles. The lowest BCUT2D eigenvalue weighted by atomic mass is 10.2. The van der Waals surface area contributed by atoms with Gasteiger partial charge in [-0.2, -0.15) is 0 Å². The molecule has 0 aliphatic rings. The number of thiophene rings is 1. The molecule has 0 saturated heterocycles. The van der Waals surface area contributed by atoms with Gasteiger partial charge in [0.05, 0.1) is 5.75 Å². The average Bonchev–Trinajstić information content (AvgIpc) is 3.24. The first-order valence-corrected chi connectivity index (χ1v) is 9.76. The molecule has 3 rings (SSSR count). The predicted molar refractivity (Wildman–Crippen MR) is 102 cm³/mol. The molecular formula is C16H16ClN5OS2. The molecule has 3 N–H and O–H groups in total. The van der Waals surface area contributed by atoms with Crippen molar-refractivity contribution in [3.05, 3.63) is 51.7 Å². The molecule has 130 valence electrons. The fourth-order valence-corrected chi connectivity index (χ4v) is 3.65. The summed E-state index contributed by atoms with van der Waals surface area (Å²) in [6.07, 6.45) is 0.835. The molecule has 1 amide bonds. The molecule has 1 aromatic carbocycles. The van der Waals surface area contributed by atoms with Crippen LogP contribution in [0.15, 0.2) is 46.9 Å². The molecule has 0 unspecified atom stereocenters. The molecule has 2 aromatic heterocycles. The van der Waals surface area contributed by atoms with E-state index in [-0.39, 0.29) is 11.7 Å². The number of carbonyl (C=O) groups excluding carboxylic acids is 1. The number of benzene rings is 1. The van der Waals surface area contributed by atoms with E-state index in [0.717, 1.165) is 12.0 Å². The number of thioether (sulfide) groups is 1. The van der Waals surface area contributed by atoms with Crippen molar-refractivity contribution >= 4 is 40.6 Å². The summed E-state index contributed by atoms with van der Waals surface area (Å²) in [6.45, 7) is 0.616. The van der Waals surface area contributed by atoms with Gasteiger partial charge >= 0.3 is 0 Å². The van der Waals surface area contributed by atoms with Crippen LogP contribution >= 0.6 is 34.7 Å². The summed E-state index contributed by atoms with van der Waals surface area (Å²) in [5, 5.41) is 14.2. The van der Waals surface area contributed by atoms with Crippen molar-refractivity contribution in [1.82, 2.24) is 20.2 Å². The Hall–Kier alpha value is -2.03. The monoisotopic (exact) mass is 393 g/mol. The van der Waals surface area contributed by atoms with Crippen molar-refractivity contribution in [2.45, 2.75) is 11.6 Å². The van der Waals surface area contributed by atoms with Gasteiger partial charge in [0, 0.05) is 22.0 Å². The van der Waals surface area contributed by atoms with Gasteiger partial charge in [0.15, 0.2) is 5.82 Å². The normalized spacial score (nSPS) is 10.8. The van der Waals surface area contributed by atoms with Gasteiger partial charge in [0.25, 0.3) is 0 Å². The molecule has 0 bridgehead atoms. The first kappa shape index (κ1) is 17.8. The van der Waals surface area contributed by atoms with E-state index < -0.39 is 0 Å². The Kier molecular flexibility index (Phi) is 5.95. The summed E-state index contributed by atoms with van der Waals surface area (Å²) in [5.41, 5.74) is 0.812. The first-order chi connectivity index (χ1) is 12.1. The lowest BCUT2D eigenvalue weighted by Gasteiger charge is -2.05. The quantitative estimate of drug-likeness (QED) is 0.476. The zero-order valence-electron chi connectivity index (χ0n) is 13.2. The second kappa shape index (κ2) is 8.37. The van der Waals surface area contributed by atoms with Crippen LogP contribution in [-0.2, 0) is 11.2 Å². The van der Waals surface area contributed by atoms with Crippen molar-refractivity contribution < 1.29 is 4.79 Å². The minimum absolute atomic E-state index is 0.0578. The van der Waals surface area contributed by atoms with E-state index in [1.165, 1.54) is 21.3 Å². The molecule has 2 heterocycles. The maximum absolute atomic E-state index is 11.9. The fraction of sp³-hybridized carbons (Fsp3) is 0.188. The van der Waals surface area contributed by atoms with Gasteiger partial charge in [-0.3, -0.25) is 4.79 Å². The molecular weight excluding hydrogens is 378 g/mol. The van der Waals surface area contributed by atoms with Crippen LogP contribution in [-0.4, -0.2) is 33.1 Å². The van der Waals surface area contributed by atoms with Crippen LogP contribution in [0.5, 0.6) is 0 Å². The Morgan fingerprint density at radius 1 is 1.28 bits per heavy atom. The average molecular weight is 394 g/mol. The van der Waals surface area contributed by atoms with Crippen LogP contribution < -0.4 is 11.2 Å². The van der Waals surface area contributed by atoms with Crippen molar-refractivity contribution in [2.24, 2.45) is 0 Å². The van der Waals surface area contributed by atoms with Crippen molar-refractivity contribution in [3.63, 3.8) is 0 Å². The van der Waals surface area contributed by atoms with Gasteiger partial charge in [-0.1, -0.05) is 29.4 Å². The number of carbonyl (C=O) groups is 1. The molecule has 0 radical (unpaired) electrons. The van der Waals surface area contributed by atoms with Crippen LogP contribution in [0.2, 0.25) is 5.02 Å². The van der Waals surface area contributed by atoms with Gasteiger partial charge in [-0.05, 0) is 42.1 Å². The molecule has 3 aromatic rings. The van der Waals surface area contributed by atoms with E-state index in [0.29, 0.717) is 22.5 Å². The van der Waals surface area contributed by atoms with Crippen LogP contribution in [0.4, 0.5) is 0 Å². The molecule has 0 aliphatic heterocycles. The Labute approximate surface area is 158 Å². The van der Waals surface area contributed by atoms with Crippen LogP contribution in [0.1, 0.15) is 4.88 Å². The highest BCUT2D eigenvalue weighted by Gasteiger charge is 2.13. The molecule has 0 aliphatic carbocycles. The molecule has 9 heteroatoms. The first-order valence-electron chi connectivity index (χ1n) is 7.52. The molecule has 6 nitrogen and oxygen atoms in total. The number of nitrogens with two attached hydrogens (primary N) is 1. The standard InChI is InChI=1S/C16H16ClN5OS2/c17-12-5-3-11(4-6-12)15-20-21-16(22(15)18)25-10-14(23)19-8-7-13-2-1-9-24-13/h1-6,9H,7-8,10,18H2,(H,19,23). The number of rotatable bonds is 7. The smallest absolute Gasteiger partial charge is 0.230 e. The van der Waals surface area contributed by atoms with Gasteiger partial charge in [-0.15, -0.1) is 21.5 Å². The van der Waals surface area contributed by atoms with E-state index in [1.807, 2.05) is 23.6 Å². The molecule has 0 atom stereocenters. The lowest BCUT2D eigenvalue weighted by molar-refractivity contribution is -0.118. The third-order valence-electron chi connectivity index (χ3n) is 3.37. The highest BCUT2D eigenvalue weighted by molar-refractivity contribution is 7.99. The SMILES string of the molecule is Nn1c(SCC(=O)NCCc2cccs2)nnc1-c1ccc(Cl)cc1. The minimum Gasteiger partial charge on any atom is -0.355 e. The highest BCUT2D eigenvalue weighted by Crippen LogP contribution is 2.22. The number of halogens is 1. The number of nitrogen functional groups attached to an aromatic ring is 1. The topological polar surface area (TPSA) is 85.8 Å². The van der Waals surface area contributed by atoms with Gasteiger partial charge in [0.2, 0.25) is 11.1 Å². The summed E-state index contributed by atoms with van der Waals surface area (Å²) in [5.74, 6) is 6.74. The van der Waals surface area contributed by atoms with Gasteiger partial charge in [-0.25, -0.2) is 4.68 Å². The zero-order valence-corrected chi connectivity index (χ0v) is 15.6. The Morgan fingerprint density at radius 2 is 2.08 bits per heavy atom. The summed E-state index contributed by atoms with van der Waals surface area (Å²) in [4.78, 5) is 13.2. The highest BCUT2D eigenvalue weighted by atomic mass is 35.5. The van der Waals surface area contributed by atoms with Crippen molar-refractivity contribution in [2.75, 3.05) is 18.1 Å². The summed E-state index contributed by atoms with van der Waals surface area (Å²) in [6, 6.07) is 11.2. The Bertz CT molecular complexity index is 833. The van der Waals surface area contributed by atoms with Gasteiger partial charge < -0.3 is 11.2 Å². The van der Waals surface area contributed by atoms with Crippen molar-refractivity contribution in [1.29, 1.82) is 0 Å². The van der Waals surface area contributed by atoms with Crippen molar-refractivity contribution in [3.8, 4) is 11.4 Å². The second-order valence-corrected chi connectivity index (χ2v) is 7.56.